The van der Waals surface area contributed by atoms with Gasteiger partial charge in [-0.3, -0.25) is 10.1 Å². The summed E-state index contributed by atoms with van der Waals surface area (Å²) in [6.07, 6.45) is 1.81. The van der Waals surface area contributed by atoms with Gasteiger partial charge >= 0.3 is 6.09 Å². The number of sulfone groups is 1. The number of nitrogens with zero attached hydrogens (tertiary/aromatic N) is 1. The van der Waals surface area contributed by atoms with Gasteiger partial charge in [-0.2, -0.15) is 0 Å². The molecule has 1 aliphatic heterocycles. The fourth-order valence-corrected chi connectivity index (χ4v) is 4.78. The number of rotatable bonds is 5. The largest absolute Gasteiger partial charge is 0.443 e. The first-order valence-electron chi connectivity index (χ1n) is 10.6. The van der Waals surface area contributed by atoms with E-state index < -0.39 is 27.8 Å². The third kappa shape index (κ3) is 7.28. The highest BCUT2D eigenvalue weighted by molar-refractivity contribution is 7.90. The van der Waals surface area contributed by atoms with Crippen LogP contribution in [0, 0.1) is 6.92 Å². The zero-order valence-corrected chi connectivity index (χ0v) is 20.7. The average Bonchev–Trinajstić information content (AvgIpc) is 2.77. The van der Waals surface area contributed by atoms with Crippen molar-refractivity contribution in [2.75, 3.05) is 19.3 Å². The molecule has 0 aromatic heterocycles. The Bertz CT molecular complexity index is 1160. The van der Waals surface area contributed by atoms with Crippen LogP contribution < -0.4 is 16.4 Å². The van der Waals surface area contributed by atoms with Crippen LogP contribution in [0.3, 0.4) is 0 Å². The van der Waals surface area contributed by atoms with Gasteiger partial charge in [-0.15, -0.1) is 17.4 Å². The Morgan fingerprint density at radius 1 is 1.18 bits per heavy atom. The number of carbonyl (C=O) groups excluding carboxylic acids is 2. The summed E-state index contributed by atoms with van der Waals surface area (Å²) in [5.74, 6) is -1.01. The Morgan fingerprint density at radius 2 is 1.82 bits per heavy atom. The maximum absolute atomic E-state index is 12.8. The number of piperidine rings is 1. The Kier molecular flexibility index (Phi) is 9.60. The van der Waals surface area contributed by atoms with E-state index in [1.54, 1.807) is 25.1 Å². The summed E-state index contributed by atoms with van der Waals surface area (Å²) in [5.41, 5.74) is 7.94. The molecule has 0 unspecified atom stereocenters. The van der Waals surface area contributed by atoms with Crippen molar-refractivity contribution in [2.45, 2.75) is 37.2 Å². The molecule has 0 spiro atoms. The number of amides is 2. The Morgan fingerprint density at radius 3 is 2.44 bits per heavy atom. The number of hydrogen-bond donors (Lipinski definition) is 3. The van der Waals surface area contributed by atoms with Crippen LogP contribution in [0.2, 0.25) is 0 Å². The number of aliphatic imine (C=N–C) groups is 1. The van der Waals surface area contributed by atoms with Gasteiger partial charge in [0.25, 0.3) is 5.91 Å². The van der Waals surface area contributed by atoms with Crippen molar-refractivity contribution in [3.05, 3.63) is 64.7 Å². The van der Waals surface area contributed by atoms with Gasteiger partial charge in [-0.05, 0) is 61.5 Å². The molecule has 1 heterocycles. The first kappa shape index (κ1) is 27.3. The molecular formula is C23H29ClN4O5S. The molecular weight excluding hydrogens is 480 g/mol. The normalized spacial score (nSPS) is 14.7. The molecule has 1 saturated heterocycles. The third-order valence-corrected chi connectivity index (χ3v) is 6.59. The fraction of sp³-hybridized carbons (Fsp3) is 0.348. The van der Waals surface area contributed by atoms with E-state index in [1.165, 1.54) is 6.07 Å². The second-order valence-corrected chi connectivity index (χ2v) is 9.98. The van der Waals surface area contributed by atoms with E-state index in [0.29, 0.717) is 5.56 Å². The monoisotopic (exact) mass is 508 g/mol. The van der Waals surface area contributed by atoms with Crippen molar-refractivity contribution < 1.29 is 22.7 Å². The lowest BCUT2D eigenvalue weighted by Gasteiger charge is -2.25. The van der Waals surface area contributed by atoms with Crippen molar-refractivity contribution in [3.63, 3.8) is 0 Å². The third-order valence-electron chi connectivity index (χ3n) is 5.44. The van der Waals surface area contributed by atoms with E-state index in [1.807, 2.05) is 18.2 Å². The molecule has 0 radical (unpaired) electrons. The highest BCUT2D eigenvalue weighted by atomic mass is 35.5. The van der Waals surface area contributed by atoms with Crippen LogP contribution in [0.4, 0.5) is 4.79 Å². The van der Waals surface area contributed by atoms with E-state index in [2.05, 4.69) is 15.6 Å². The van der Waals surface area contributed by atoms with Gasteiger partial charge < -0.3 is 15.8 Å². The summed E-state index contributed by atoms with van der Waals surface area (Å²) in [5, 5.41) is 5.59. The minimum absolute atomic E-state index is 0. The summed E-state index contributed by atoms with van der Waals surface area (Å²) in [6, 6.07) is 12.2. The fourth-order valence-electron chi connectivity index (χ4n) is 3.79. The van der Waals surface area contributed by atoms with Crippen LogP contribution in [0.15, 0.2) is 52.4 Å². The molecule has 184 valence electrons. The zero-order valence-electron chi connectivity index (χ0n) is 19.0. The molecule has 0 saturated carbocycles. The number of guanidine groups is 1. The minimum atomic E-state index is -3.57. The molecule has 0 bridgehead atoms. The Balaban J connectivity index is 0.00000408. The summed E-state index contributed by atoms with van der Waals surface area (Å²) in [6.45, 7) is 3.36. The van der Waals surface area contributed by atoms with Gasteiger partial charge in [-0.1, -0.05) is 36.4 Å². The summed E-state index contributed by atoms with van der Waals surface area (Å²) >= 11 is 0. The summed E-state index contributed by atoms with van der Waals surface area (Å²) < 4.78 is 30.0. The Labute approximate surface area is 205 Å². The number of benzene rings is 2. The molecule has 2 amide bonds. The van der Waals surface area contributed by atoms with Crippen LogP contribution >= 0.6 is 12.4 Å². The molecule has 11 heteroatoms. The van der Waals surface area contributed by atoms with Crippen LogP contribution in [0.5, 0.6) is 0 Å². The average molecular weight is 509 g/mol. The van der Waals surface area contributed by atoms with Gasteiger partial charge in [0, 0.05) is 11.8 Å². The molecule has 3 rings (SSSR count). The molecule has 2 aromatic rings. The van der Waals surface area contributed by atoms with Crippen molar-refractivity contribution in [1.29, 1.82) is 0 Å². The number of halogens is 1. The van der Waals surface area contributed by atoms with Crippen molar-refractivity contribution >= 4 is 40.2 Å². The van der Waals surface area contributed by atoms with Gasteiger partial charge in [0.15, 0.2) is 9.84 Å². The maximum atomic E-state index is 12.8. The Hall–Kier alpha value is -2.95. The molecule has 34 heavy (non-hydrogen) atoms. The van der Waals surface area contributed by atoms with Crippen LogP contribution in [-0.4, -0.2) is 45.7 Å². The minimum Gasteiger partial charge on any atom is -0.443 e. The van der Waals surface area contributed by atoms with Crippen LogP contribution in [-0.2, 0) is 21.2 Å². The second-order valence-electron chi connectivity index (χ2n) is 7.99. The number of nitrogens with one attached hydrogen (secondary N) is 2. The smallest absolute Gasteiger partial charge is 0.437 e. The predicted molar refractivity (Wildman–Crippen MR) is 132 cm³/mol. The zero-order chi connectivity index (χ0) is 24.0. The van der Waals surface area contributed by atoms with E-state index >= 15 is 0 Å². The van der Waals surface area contributed by atoms with Gasteiger partial charge in [0.05, 0.1) is 4.90 Å². The number of nitrogens with two attached hydrogens (primary N) is 1. The second kappa shape index (κ2) is 12.0. The molecule has 0 aliphatic carbocycles. The predicted octanol–water partition coefficient (Wildman–Crippen LogP) is 2.67. The van der Waals surface area contributed by atoms with Crippen molar-refractivity contribution in [2.24, 2.45) is 10.7 Å². The standard InChI is InChI=1S/C23H28N4O5S.ClH/c1-15-12-19(17-8-10-25-11-9-17)20(33(2,30)31)13-18(15)21(28)26-22(24)27-23(29)32-14-16-6-4-3-5-7-16;/h3-7,12-13,17,25H,8-11,14H2,1-2H3,(H3,24,26,27,28,29);1H. The van der Waals surface area contributed by atoms with Gasteiger partial charge in [0.2, 0.25) is 5.96 Å². The molecule has 1 fully saturated rings. The topological polar surface area (TPSA) is 140 Å². The molecule has 9 nitrogen and oxygen atoms in total. The number of ether oxygens (including phenoxy) is 1. The van der Waals surface area contributed by atoms with Gasteiger partial charge in [0.1, 0.15) is 6.61 Å². The van der Waals surface area contributed by atoms with E-state index in [4.69, 9.17) is 10.5 Å². The quantitative estimate of drug-likeness (QED) is 0.416. The lowest BCUT2D eigenvalue weighted by Crippen LogP contribution is -2.38. The molecule has 1 aliphatic rings. The lowest BCUT2D eigenvalue weighted by molar-refractivity contribution is 0.0975. The van der Waals surface area contributed by atoms with E-state index in [-0.39, 0.29) is 35.4 Å². The number of carbonyl (C=O) groups is 2. The first-order chi connectivity index (χ1) is 15.6. The van der Waals surface area contributed by atoms with Crippen molar-refractivity contribution in [3.8, 4) is 0 Å². The molecule has 0 atom stereocenters. The van der Waals surface area contributed by atoms with Crippen molar-refractivity contribution in [1.82, 2.24) is 10.6 Å². The summed E-state index contributed by atoms with van der Waals surface area (Å²) in [4.78, 5) is 28.3. The van der Waals surface area contributed by atoms with E-state index in [9.17, 15) is 18.0 Å². The number of aryl methyl sites for hydroxylation is 1. The number of hydrogen-bond acceptors (Lipinski definition) is 6. The highest BCUT2D eigenvalue weighted by Crippen LogP contribution is 2.32. The highest BCUT2D eigenvalue weighted by Gasteiger charge is 2.25. The SMILES string of the molecule is Cc1cc(C2CCNCC2)c(S(C)(=O)=O)cc1C(=O)N/C(N)=N\C(=O)OCc1ccccc1.Cl. The maximum Gasteiger partial charge on any atom is 0.437 e. The molecule has 4 N–H and O–H groups in total. The van der Waals surface area contributed by atoms with Gasteiger partial charge in [-0.25, -0.2) is 13.2 Å². The molecule has 2 aromatic carbocycles. The van der Waals surface area contributed by atoms with Crippen LogP contribution in [0.25, 0.3) is 0 Å². The van der Waals surface area contributed by atoms with Crippen LogP contribution in [0.1, 0.15) is 45.8 Å². The lowest BCUT2D eigenvalue weighted by atomic mass is 9.88. The summed E-state index contributed by atoms with van der Waals surface area (Å²) in [7, 11) is -3.57. The first-order valence-corrected chi connectivity index (χ1v) is 12.5. The van der Waals surface area contributed by atoms with E-state index in [0.717, 1.165) is 43.3 Å².